The molecule has 27 heavy (non-hydrogen) atoms. The third kappa shape index (κ3) is 9.14. The van der Waals surface area contributed by atoms with Crippen LogP contribution in [0.4, 0.5) is 13.2 Å². The summed E-state index contributed by atoms with van der Waals surface area (Å²) in [6, 6.07) is 0.381. The Hall–Kier alpha value is -1.02. The summed E-state index contributed by atoms with van der Waals surface area (Å²) in [5, 5.41) is 6.55. The molecule has 0 bridgehead atoms. The highest BCUT2D eigenvalue weighted by Crippen LogP contribution is 2.25. The van der Waals surface area contributed by atoms with Gasteiger partial charge >= 0.3 is 6.18 Å². The fourth-order valence-electron chi connectivity index (χ4n) is 4.13. The third-order valence-corrected chi connectivity index (χ3v) is 5.63. The SMILES string of the molecule is CN=C(NCCN(C)CC(F)(F)F)NC1CCN(CC2CCCCC2)CC1. The zero-order valence-corrected chi connectivity index (χ0v) is 16.8. The minimum absolute atomic E-state index is 0.319. The molecule has 0 aromatic carbocycles. The van der Waals surface area contributed by atoms with Crippen LogP contribution in [0.15, 0.2) is 4.99 Å². The van der Waals surface area contributed by atoms with Crippen LogP contribution in [0.25, 0.3) is 0 Å². The predicted molar refractivity (Wildman–Crippen MR) is 104 cm³/mol. The van der Waals surface area contributed by atoms with Gasteiger partial charge in [0.1, 0.15) is 0 Å². The molecule has 2 fully saturated rings. The number of hydrogen-bond donors (Lipinski definition) is 2. The average Bonchev–Trinajstić information content (AvgIpc) is 2.62. The molecule has 1 aliphatic carbocycles. The highest BCUT2D eigenvalue weighted by atomic mass is 19.4. The van der Waals surface area contributed by atoms with Crippen LogP contribution in [-0.2, 0) is 0 Å². The van der Waals surface area contributed by atoms with E-state index in [1.165, 1.54) is 50.6 Å². The first-order valence-corrected chi connectivity index (χ1v) is 10.3. The van der Waals surface area contributed by atoms with Gasteiger partial charge in [0.15, 0.2) is 5.96 Å². The molecular formula is C19H36F3N5. The van der Waals surface area contributed by atoms with Crippen LogP contribution in [-0.4, -0.2) is 81.3 Å². The Kier molecular flexibility index (Phi) is 9.15. The number of guanidine groups is 1. The summed E-state index contributed by atoms with van der Waals surface area (Å²) in [6.07, 6.45) is 4.98. The van der Waals surface area contributed by atoms with Gasteiger partial charge in [-0.15, -0.1) is 0 Å². The number of alkyl halides is 3. The second-order valence-corrected chi connectivity index (χ2v) is 8.08. The summed E-state index contributed by atoms with van der Waals surface area (Å²) in [7, 11) is 3.18. The van der Waals surface area contributed by atoms with Crippen LogP contribution in [0.1, 0.15) is 44.9 Å². The molecule has 0 unspecified atom stereocenters. The lowest BCUT2D eigenvalue weighted by atomic mass is 9.88. The van der Waals surface area contributed by atoms with E-state index in [0.29, 0.717) is 25.1 Å². The monoisotopic (exact) mass is 391 g/mol. The van der Waals surface area contributed by atoms with E-state index in [1.807, 2.05) is 0 Å². The third-order valence-electron chi connectivity index (χ3n) is 5.63. The van der Waals surface area contributed by atoms with E-state index in [9.17, 15) is 13.2 Å². The van der Waals surface area contributed by atoms with E-state index in [2.05, 4.69) is 20.5 Å². The van der Waals surface area contributed by atoms with Crippen molar-refractivity contribution in [3.8, 4) is 0 Å². The van der Waals surface area contributed by atoms with Gasteiger partial charge < -0.3 is 15.5 Å². The normalized spacial score (nSPS) is 21.6. The molecule has 0 atom stereocenters. The molecule has 8 heteroatoms. The highest BCUT2D eigenvalue weighted by molar-refractivity contribution is 5.79. The zero-order valence-electron chi connectivity index (χ0n) is 16.8. The Morgan fingerprint density at radius 3 is 2.37 bits per heavy atom. The van der Waals surface area contributed by atoms with Gasteiger partial charge in [-0.25, -0.2) is 0 Å². The number of piperidine rings is 1. The molecule has 2 rings (SSSR count). The van der Waals surface area contributed by atoms with Gasteiger partial charge in [-0.1, -0.05) is 19.3 Å². The Morgan fingerprint density at radius 1 is 1.11 bits per heavy atom. The van der Waals surface area contributed by atoms with Gasteiger partial charge in [0.05, 0.1) is 6.54 Å². The zero-order chi connectivity index (χ0) is 19.7. The van der Waals surface area contributed by atoms with Gasteiger partial charge in [0, 0.05) is 45.8 Å². The maximum atomic E-state index is 12.3. The average molecular weight is 392 g/mol. The molecule has 1 saturated carbocycles. The summed E-state index contributed by atoms with van der Waals surface area (Å²) < 4.78 is 37.0. The number of rotatable bonds is 7. The van der Waals surface area contributed by atoms with E-state index in [-0.39, 0.29) is 0 Å². The molecule has 5 nitrogen and oxygen atoms in total. The number of likely N-dealkylation sites (tertiary alicyclic amines) is 1. The van der Waals surface area contributed by atoms with Crippen molar-refractivity contribution in [3.05, 3.63) is 0 Å². The fourth-order valence-corrected chi connectivity index (χ4v) is 4.13. The molecule has 2 N–H and O–H groups in total. The lowest BCUT2D eigenvalue weighted by Gasteiger charge is -2.36. The van der Waals surface area contributed by atoms with Gasteiger partial charge in [-0.2, -0.15) is 13.2 Å². The van der Waals surface area contributed by atoms with Gasteiger partial charge in [-0.3, -0.25) is 9.89 Å². The molecule has 1 saturated heterocycles. The van der Waals surface area contributed by atoms with E-state index >= 15 is 0 Å². The number of aliphatic imine (C=N–C) groups is 1. The highest BCUT2D eigenvalue weighted by Gasteiger charge is 2.29. The van der Waals surface area contributed by atoms with Crippen molar-refractivity contribution in [1.82, 2.24) is 20.4 Å². The molecule has 1 aliphatic heterocycles. The van der Waals surface area contributed by atoms with Gasteiger partial charge in [0.2, 0.25) is 0 Å². The lowest BCUT2D eigenvalue weighted by molar-refractivity contribution is -0.142. The lowest BCUT2D eigenvalue weighted by Crippen LogP contribution is -2.50. The van der Waals surface area contributed by atoms with Crippen molar-refractivity contribution in [3.63, 3.8) is 0 Å². The standard InChI is InChI=1S/C19H36F3N5/c1-23-18(24-10-13-26(2)15-19(20,21)22)25-17-8-11-27(12-9-17)14-16-6-4-3-5-7-16/h16-17H,3-15H2,1-2H3,(H2,23,24,25). The van der Waals surface area contributed by atoms with E-state index in [4.69, 9.17) is 0 Å². The first-order valence-electron chi connectivity index (χ1n) is 10.3. The summed E-state index contributed by atoms with van der Waals surface area (Å²) in [4.78, 5) is 8.07. The van der Waals surface area contributed by atoms with Gasteiger partial charge in [-0.05, 0) is 38.6 Å². The summed E-state index contributed by atoms with van der Waals surface area (Å²) in [5.41, 5.74) is 0. The van der Waals surface area contributed by atoms with Crippen molar-refractivity contribution in [2.75, 3.05) is 53.4 Å². The van der Waals surface area contributed by atoms with Crippen LogP contribution in [0.3, 0.4) is 0 Å². The minimum Gasteiger partial charge on any atom is -0.355 e. The van der Waals surface area contributed by atoms with Crippen LogP contribution >= 0.6 is 0 Å². The predicted octanol–water partition coefficient (Wildman–Crippen LogP) is 2.69. The molecular weight excluding hydrogens is 355 g/mol. The van der Waals surface area contributed by atoms with Crippen LogP contribution in [0.5, 0.6) is 0 Å². The minimum atomic E-state index is -4.15. The van der Waals surface area contributed by atoms with Crippen molar-refractivity contribution >= 4 is 5.96 Å². The second-order valence-electron chi connectivity index (χ2n) is 8.08. The van der Waals surface area contributed by atoms with Crippen molar-refractivity contribution in [2.24, 2.45) is 10.9 Å². The molecule has 0 aromatic rings. The molecule has 158 valence electrons. The van der Waals surface area contributed by atoms with E-state index in [1.54, 1.807) is 7.05 Å². The summed E-state index contributed by atoms with van der Waals surface area (Å²) in [6.45, 7) is 3.33. The number of hydrogen-bond acceptors (Lipinski definition) is 3. The molecule has 2 aliphatic rings. The number of likely N-dealkylation sites (N-methyl/N-ethyl adjacent to an activating group) is 1. The first-order chi connectivity index (χ1) is 12.9. The topological polar surface area (TPSA) is 42.9 Å². The number of halogens is 3. The van der Waals surface area contributed by atoms with Gasteiger partial charge in [0.25, 0.3) is 0 Å². The van der Waals surface area contributed by atoms with Crippen molar-refractivity contribution in [1.29, 1.82) is 0 Å². The Bertz CT molecular complexity index is 441. The van der Waals surface area contributed by atoms with Crippen molar-refractivity contribution in [2.45, 2.75) is 57.2 Å². The number of nitrogens with one attached hydrogen (secondary N) is 2. The van der Waals surface area contributed by atoms with E-state index < -0.39 is 12.7 Å². The van der Waals surface area contributed by atoms with Crippen LogP contribution < -0.4 is 10.6 Å². The maximum absolute atomic E-state index is 12.3. The largest absolute Gasteiger partial charge is 0.401 e. The summed E-state index contributed by atoms with van der Waals surface area (Å²) >= 11 is 0. The van der Waals surface area contributed by atoms with Crippen molar-refractivity contribution < 1.29 is 13.2 Å². The smallest absolute Gasteiger partial charge is 0.355 e. The molecule has 1 heterocycles. The molecule has 0 radical (unpaired) electrons. The maximum Gasteiger partial charge on any atom is 0.401 e. The van der Waals surface area contributed by atoms with Crippen LogP contribution in [0, 0.1) is 5.92 Å². The molecule has 0 aromatic heterocycles. The Labute approximate surface area is 161 Å². The molecule has 0 spiro atoms. The van der Waals surface area contributed by atoms with E-state index in [0.717, 1.165) is 31.8 Å². The number of nitrogens with zero attached hydrogens (tertiary/aromatic N) is 3. The first kappa shape index (κ1) is 22.3. The Morgan fingerprint density at radius 2 is 1.78 bits per heavy atom. The molecule has 0 amide bonds. The Balaban J connectivity index is 1.61. The van der Waals surface area contributed by atoms with Crippen LogP contribution in [0.2, 0.25) is 0 Å². The second kappa shape index (κ2) is 11.1. The summed E-state index contributed by atoms with van der Waals surface area (Å²) in [5.74, 6) is 1.56. The quantitative estimate of drug-likeness (QED) is 0.517. The fraction of sp³-hybridized carbons (Fsp3) is 0.947.